The number of halogens is 3. The average Bonchev–Trinajstić information content (AvgIpc) is 3.29. The van der Waals surface area contributed by atoms with E-state index < -0.39 is 32.6 Å². The Morgan fingerprint density at radius 3 is 2.08 bits per heavy atom. The average molecular weight is 582 g/mol. The molecule has 0 radical (unpaired) electrons. The Morgan fingerprint density at radius 1 is 0.875 bits per heavy atom. The van der Waals surface area contributed by atoms with Crippen LogP contribution in [0.15, 0.2) is 53.4 Å². The molecule has 2 aromatic carbocycles. The van der Waals surface area contributed by atoms with Gasteiger partial charge in [0, 0.05) is 13.1 Å². The standard InChI is InChI=1S/C27H30F3N3O6S/c28-27(29,30)39-21-3-1-19(2-4-21)38-20-5-7-22(8-6-20)40(36,37)26(24(35)33-16-15-32-23(34)17-33)10-9-25(18-26)11-13-31-14-12-25/h1-8,31H,9-18H2,(H,32,34). The molecule has 3 aliphatic rings. The van der Waals surface area contributed by atoms with Gasteiger partial charge in [-0.1, -0.05) is 0 Å². The molecule has 13 heteroatoms. The summed E-state index contributed by atoms with van der Waals surface area (Å²) in [4.78, 5) is 27.4. The maximum absolute atomic E-state index is 14.3. The van der Waals surface area contributed by atoms with Crippen molar-refractivity contribution < 1.29 is 40.7 Å². The summed E-state index contributed by atoms with van der Waals surface area (Å²) in [6, 6.07) is 10.4. The number of nitrogens with one attached hydrogen (secondary N) is 2. The van der Waals surface area contributed by atoms with Crippen LogP contribution >= 0.6 is 0 Å². The minimum Gasteiger partial charge on any atom is -0.457 e. The smallest absolute Gasteiger partial charge is 0.457 e. The second kappa shape index (κ2) is 10.6. The van der Waals surface area contributed by atoms with E-state index in [1.165, 1.54) is 41.3 Å². The van der Waals surface area contributed by atoms with E-state index in [2.05, 4.69) is 15.4 Å². The summed E-state index contributed by atoms with van der Waals surface area (Å²) in [6.07, 6.45) is -2.28. The normalized spacial score (nSPS) is 23.1. The predicted octanol–water partition coefficient (Wildman–Crippen LogP) is 3.40. The summed E-state index contributed by atoms with van der Waals surface area (Å²) < 4.78 is 73.5. The lowest BCUT2D eigenvalue weighted by atomic mass is 9.77. The van der Waals surface area contributed by atoms with Crippen LogP contribution in [0.4, 0.5) is 13.2 Å². The molecular weight excluding hydrogens is 551 g/mol. The Kier molecular flexibility index (Phi) is 7.47. The zero-order valence-corrected chi connectivity index (χ0v) is 22.4. The molecule has 2 aromatic rings. The number of ether oxygens (including phenoxy) is 2. The second-order valence-corrected chi connectivity index (χ2v) is 12.9. The van der Waals surface area contributed by atoms with Gasteiger partial charge in [0.2, 0.25) is 11.8 Å². The summed E-state index contributed by atoms with van der Waals surface area (Å²) in [5.41, 5.74) is -0.267. The fourth-order valence-corrected chi connectivity index (χ4v) is 8.19. The molecule has 1 unspecified atom stereocenters. The fourth-order valence-electron chi connectivity index (χ4n) is 6.02. The highest BCUT2D eigenvalue weighted by atomic mass is 32.2. The number of alkyl halides is 3. The van der Waals surface area contributed by atoms with Gasteiger partial charge in [-0.05, 0) is 99.1 Å². The third-order valence-electron chi connectivity index (χ3n) is 8.04. The summed E-state index contributed by atoms with van der Waals surface area (Å²) >= 11 is 0. The number of hydrogen-bond acceptors (Lipinski definition) is 7. The van der Waals surface area contributed by atoms with Crippen LogP contribution < -0.4 is 20.1 Å². The zero-order valence-electron chi connectivity index (χ0n) is 21.6. The maximum atomic E-state index is 14.3. The highest BCUT2D eigenvalue weighted by molar-refractivity contribution is 7.93. The highest BCUT2D eigenvalue weighted by Gasteiger charge is 2.61. The Balaban J connectivity index is 1.40. The third-order valence-corrected chi connectivity index (χ3v) is 10.5. The van der Waals surface area contributed by atoms with Crippen LogP contribution in [0.2, 0.25) is 0 Å². The molecule has 2 heterocycles. The van der Waals surface area contributed by atoms with Gasteiger partial charge in [-0.3, -0.25) is 9.59 Å². The molecule has 1 atom stereocenters. The summed E-state index contributed by atoms with van der Waals surface area (Å²) in [5, 5.41) is 5.98. The molecule has 3 fully saturated rings. The van der Waals surface area contributed by atoms with Crippen molar-refractivity contribution in [3.63, 3.8) is 0 Å². The van der Waals surface area contributed by atoms with Crippen LogP contribution in [0.5, 0.6) is 17.2 Å². The molecule has 2 saturated heterocycles. The molecule has 5 rings (SSSR count). The lowest BCUT2D eigenvalue weighted by Crippen LogP contribution is -2.59. The molecule has 2 aliphatic heterocycles. The van der Waals surface area contributed by atoms with Crippen molar-refractivity contribution in [2.45, 2.75) is 48.1 Å². The van der Waals surface area contributed by atoms with Gasteiger partial charge in [0.1, 0.15) is 17.2 Å². The molecular formula is C27H30F3N3O6S. The quantitative estimate of drug-likeness (QED) is 0.538. The first-order chi connectivity index (χ1) is 18.9. The summed E-state index contributed by atoms with van der Waals surface area (Å²) in [6.45, 7) is 1.85. The molecule has 216 valence electrons. The lowest BCUT2D eigenvalue weighted by molar-refractivity contribution is -0.274. The van der Waals surface area contributed by atoms with Crippen LogP contribution in [0.25, 0.3) is 0 Å². The van der Waals surface area contributed by atoms with E-state index in [0.717, 1.165) is 38.1 Å². The zero-order chi connectivity index (χ0) is 28.6. The van der Waals surface area contributed by atoms with Crippen molar-refractivity contribution in [3.8, 4) is 17.2 Å². The molecule has 9 nitrogen and oxygen atoms in total. The first-order valence-corrected chi connectivity index (χ1v) is 14.6. The molecule has 40 heavy (non-hydrogen) atoms. The minimum absolute atomic E-state index is 0.0328. The van der Waals surface area contributed by atoms with Gasteiger partial charge in [0.25, 0.3) is 0 Å². The van der Waals surface area contributed by atoms with E-state index in [1.807, 2.05) is 0 Å². The molecule has 0 bridgehead atoms. The Bertz CT molecular complexity index is 1360. The van der Waals surface area contributed by atoms with Crippen molar-refractivity contribution in [3.05, 3.63) is 48.5 Å². The van der Waals surface area contributed by atoms with Gasteiger partial charge in [0.05, 0.1) is 11.4 Å². The molecule has 1 saturated carbocycles. The number of carbonyl (C=O) groups is 2. The first kappa shape index (κ1) is 28.2. The predicted molar refractivity (Wildman–Crippen MR) is 138 cm³/mol. The Morgan fingerprint density at radius 2 is 1.48 bits per heavy atom. The fraction of sp³-hybridized carbons (Fsp3) is 0.481. The van der Waals surface area contributed by atoms with E-state index in [-0.39, 0.29) is 60.2 Å². The topological polar surface area (TPSA) is 114 Å². The van der Waals surface area contributed by atoms with Crippen LogP contribution in [-0.2, 0) is 19.4 Å². The molecule has 1 spiro atoms. The molecule has 1 aliphatic carbocycles. The van der Waals surface area contributed by atoms with Gasteiger partial charge in [-0.2, -0.15) is 0 Å². The van der Waals surface area contributed by atoms with Gasteiger partial charge in [-0.15, -0.1) is 13.2 Å². The third kappa shape index (κ3) is 5.62. The number of sulfone groups is 1. The van der Waals surface area contributed by atoms with Gasteiger partial charge >= 0.3 is 6.36 Å². The lowest BCUT2D eigenvalue weighted by Gasteiger charge is -2.39. The minimum atomic E-state index is -4.81. The number of benzene rings is 2. The number of carbonyl (C=O) groups excluding carboxylic acids is 2. The highest BCUT2D eigenvalue weighted by Crippen LogP contribution is 2.55. The van der Waals surface area contributed by atoms with Gasteiger partial charge in [0.15, 0.2) is 14.6 Å². The molecule has 2 N–H and O–H groups in total. The van der Waals surface area contributed by atoms with Crippen molar-refractivity contribution in [2.24, 2.45) is 5.41 Å². The molecule has 0 aromatic heterocycles. The number of amides is 2. The Labute approximate surface area is 229 Å². The monoisotopic (exact) mass is 581 g/mol. The van der Waals surface area contributed by atoms with Gasteiger partial charge < -0.3 is 25.0 Å². The number of piperazine rings is 1. The summed E-state index contributed by atoms with van der Waals surface area (Å²) in [5.74, 6) is -0.757. The largest absolute Gasteiger partial charge is 0.573 e. The van der Waals surface area contributed by atoms with E-state index in [1.54, 1.807) is 0 Å². The van der Waals surface area contributed by atoms with Crippen LogP contribution in [-0.4, -0.2) is 69.0 Å². The van der Waals surface area contributed by atoms with E-state index in [9.17, 15) is 31.2 Å². The van der Waals surface area contributed by atoms with E-state index in [4.69, 9.17) is 4.74 Å². The van der Waals surface area contributed by atoms with Crippen LogP contribution in [0.1, 0.15) is 32.1 Å². The van der Waals surface area contributed by atoms with Crippen molar-refractivity contribution in [1.29, 1.82) is 0 Å². The van der Waals surface area contributed by atoms with Crippen LogP contribution in [0.3, 0.4) is 0 Å². The van der Waals surface area contributed by atoms with E-state index >= 15 is 0 Å². The molecule has 2 amide bonds. The van der Waals surface area contributed by atoms with Crippen molar-refractivity contribution in [2.75, 3.05) is 32.7 Å². The number of hydrogen-bond donors (Lipinski definition) is 2. The first-order valence-electron chi connectivity index (χ1n) is 13.1. The number of nitrogens with zero attached hydrogens (tertiary/aromatic N) is 1. The summed E-state index contributed by atoms with van der Waals surface area (Å²) in [7, 11) is -4.18. The number of piperidine rings is 1. The number of rotatable bonds is 6. The van der Waals surface area contributed by atoms with E-state index in [0.29, 0.717) is 6.42 Å². The van der Waals surface area contributed by atoms with Crippen LogP contribution in [0, 0.1) is 5.41 Å². The second-order valence-electron chi connectivity index (χ2n) is 10.6. The van der Waals surface area contributed by atoms with Crippen molar-refractivity contribution in [1.82, 2.24) is 15.5 Å². The maximum Gasteiger partial charge on any atom is 0.573 e. The van der Waals surface area contributed by atoms with Crippen molar-refractivity contribution >= 4 is 21.7 Å². The van der Waals surface area contributed by atoms with Gasteiger partial charge in [-0.25, -0.2) is 8.42 Å². The SMILES string of the molecule is O=C1CN(C(=O)C2(S(=O)(=O)c3ccc(Oc4ccc(OC(F)(F)F)cc4)cc3)CCC3(CCNCC3)C2)CCN1. The Hall–Kier alpha value is -3.32.